The van der Waals surface area contributed by atoms with Gasteiger partial charge in [0.05, 0.1) is 22.5 Å². The van der Waals surface area contributed by atoms with E-state index in [0.29, 0.717) is 37.0 Å². The second-order valence-corrected chi connectivity index (χ2v) is 9.44. The summed E-state index contributed by atoms with van der Waals surface area (Å²) in [6.07, 6.45) is 1.90. The third-order valence-corrected chi connectivity index (χ3v) is 7.42. The molecule has 0 unspecified atom stereocenters. The number of carboxylic acid groups (broad SMARTS) is 1. The molecule has 180 valence electrons. The van der Waals surface area contributed by atoms with Gasteiger partial charge in [-0.2, -0.15) is 13.2 Å². The lowest BCUT2D eigenvalue weighted by Crippen LogP contribution is -2.43. The molecular weight excluding hydrogens is 452 g/mol. The van der Waals surface area contributed by atoms with Crippen molar-refractivity contribution in [2.45, 2.75) is 44.7 Å². The second-order valence-electron chi connectivity index (χ2n) is 9.44. The molecule has 2 aromatic heterocycles. The van der Waals surface area contributed by atoms with Crippen molar-refractivity contribution in [2.75, 3.05) is 18.0 Å². The molecule has 2 N–H and O–H groups in total. The number of pyridine rings is 1. The summed E-state index contributed by atoms with van der Waals surface area (Å²) < 4.78 is 53.9. The minimum atomic E-state index is -4.46. The normalized spacial score (nSPS) is 19.1. The maximum atomic E-state index is 15.0. The van der Waals surface area contributed by atoms with Gasteiger partial charge in [0.1, 0.15) is 5.82 Å². The number of imidazole rings is 1. The Bertz CT molecular complexity index is 1220. The van der Waals surface area contributed by atoms with Gasteiger partial charge in [0, 0.05) is 24.8 Å². The van der Waals surface area contributed by atoms with E-state index in [1.165, 1.54) is 18.3 Å². The van der Waals surface area contributed by atoms with E-state index in [1.54, 1.807) is 0 Å². The smallest absolute Gasteiger partial charge is 0.416 e. The number of rotatable bonds is 3. The molecule has 1 aliphatic carbocycles. The number of benzene rings is 1. The fourth-order valence-electron chi connectivity index (χ4n) is 5.29. The molecule has 1 spiro atoms. The van der Waals surface area contributed by atoms with Crippen LogP contribution in [0.4, 0.5) is 23.4 Å². The number of anilines is 1. The van der Waals surface area contributed by atoms with E-state index in [2.05, 4.69) is 15.0 Å². The average Bonchev–Trinajstić information content (AvgIpc) is 3.23. The van der Waals surface area contributed by atoms with Crippen molar-refractivity contribution < 1.29 is 27.5 Å². The number of hydrogen-bond donors (Lipinski definition) is 2. The van der Waals surface area contributed by atoms with Crippen LogP contribution in [-0.2, 0) is 11.0 Å². The Morgan fingerprint density at radius 2 is 1.82 bits per heavy atom. The summed E-state index contributed by atoms with van der Waals surface area (Å²) in [6, 6.07) is 4.53. The Kier molecular flexibility index (Phi) is 5.49. The highest BCUT2D eigenvalue weighted by Crippen LogP contribution is 2.47. The molecule has 1 saturated carbocycles. The molecule has 2 aliphatic rings. The molecule has 10 heteroatoms. The van der Waals surface area contributed by atoms with Gasteiger partial charge in [0.2, 0.25) is 0 Å². The standard InChI is InChI=1S/C24H24F4N4O2/c25-17-11-15(20-30-18-2-1-16(24(26,27)28)12-19(18)31-20)13-29-21(17)32-9-7-23(8-10-32)5-3-14(4-6-23)22(33)34/h1-2,11-14H,3-10H2,(H,30,31)(H,33,34). The van der Waals surface area contributed by atoms with Crippen LogP contribution in [0.25, 0.3) is 22.4 Å². The molecule has 0 atom stereocenters. The Balaban J connectivity index is 1.30. The number of carboxylic acids is 1. The van der Waals surface area contributed by atoms with E-state index < -0.39 is 23.5 Å². The molecule has 2 fully saturated rings. The predicted molar refractivity (Wildman–Crippen MR) is 118 cm³/mol. The quantitative estimate of drug-likeness (QED) is 0.478. The van der Waals surface area contributed by atoms with E-state index in [9.17, 15) is 23.1 Å². The fraction of sp³-hybridized carbons (Fsp3) is 0.458. The molecular formula is C24H24F4N4O2. The molecule has 0 bridgehead atoms. The van der Waals surface area contributed by atoms with Crippen molar-refractivity contribution in [3.8, 4) is 11.4 Å². The molecule has 34 heavy (non-hydrogen) atoms. The Labute approximate surface area is 193 Å². The molecule has 3 heterocycles. The first-order valence-electron chi connectivity index (χ1n) is 11.3. The van der Waals surface area contributed by atoms with Crippen LogP contribution in [0.2, 0.25) is 0 Å². The zero-order chi connectivity index (χ0) is 24.1. The Hall–Kier alpha value is -3.17. The van der Waals surface area contributed by atoms with Crippen molar-refractivity contribution in [1.82, 2.24) is 15.0 Å². The van der Waals surface area contributed by atoms with Crippen molar-refractivity contribution in [1.29, 1.82) is 0 Å². The van der Waals surface area contributed by atoms with E-state index in [1.807, 2.05) is 4.90 Å². The minimum Gasteiger partial charge on any atom is -0.481 e. The summed E-state index contributed by atoms with van der Waals surface area (Å²) in [5.41, 5.74) is 0.267. The van der Waals surface area contributed by atoms with Crippen molar-refractivity contribution >= 4 is 22.8 Å². The summed E-state index contributed by atoms with van der Waals surface area (Å²) in [5, 5.41) is 9.23. The molecule has 0 amide bonds. The molecule has 6 nitrogen and oxygen atoms in total. The van der Waals surface area contributed by atoms with Crippen molar-refractivity contribution in [3.05, 3.63) is 41.8 Å². The van der Waals surface area contributed by atoms with E-state index in [4.69, 9.17) is 0 Å². The highest BCUT2D eigenvalue weighted by molar-refractivity contribution is 5.80. The fourth-order valence-corrected chi connectivity index (χ4v) is 5.29. The van der Waals surface area contributed by atoms with Gasteiger partial charge in [-0.15, -0.1) is 0 Å². The first kappa shape index (κ1) is 22.6. The molecule has 1 saturated heterocycles. The summed E-state index contributed by atoms with van der Waals surface area (Å²) in [4.78, 5) is 24.5. The molecule has 3 aromatic rings. The monoisotopic (exact) mass is 476 g/mol. The Morgan fingerprint density at radius 3 is 2.44 bits per heavy atom. The van der Waals surface area contributed by atoms with Gasteiger partial charge in [-0.25, -0.2) is 14.4 Å². The minimum absolute atomic E-state index is 0.127. The number of nitrogens with zero attached hydrogens (tertiary/aromatic N) is 3. The Morgan fingerprint density at radius 1 is 1.12 bits per heavy atom. The van der Waals surface area contributed by atoms with Gasteiger partial charge in [0.15, 0.2) is 11.6 Å². The van der Waals surface area contributed by atoms with Crippen LogP contribution >= 0.6 is 0 Å². The summed E-state index contributed by atoms with van der Waals surface area (Å²) in [5.74, 6) is -0.995. The van der Waals surface area contributed by atoms with Gasteiger partial charge in [-0.05, 0) is 68.2 Å². The zero-order valence-corrected chi connectivity index (χ0v) is 18.3. The maximum Gasteiger partial charge on any atom is 0.416 e. The SMILES string of the molecule is O=C(O)C1CCC2(CC1)CCN(c1ncc(-c3nc4ccc(C(F)(F)F)cc4[nH]3)cc1F)CC2. The number of carbonyl (C=O) groups is 1. The topological polar surface area (TPSA) is 82.1 Å². The highest BCUT2D eigenvalue weighted by Gasteiger charge is 2.40. The number of alkyl halides is 3. The first-order valence-corrected chi connectivity index (χ1v) is 11.3. The highest BCUT2D eigenvalue weighted by atomic mass is 19.4. The number of halogens is 4. The lowest BCUT2D eigenvalue weighted by molar-refractivity contribution is -0.143. The van der Waals surface area contributed by atoms with Gasteiger partial charge < -0.3 is 15.0 Å². The lowest BCUT2D eigenvalue weighted by Gasteiger charge is -2.45. The number of piperidine rings is 1. The van der Waals surface area contributed by atoms with Gasteiger partial charge in [-0.1, -0.05) is 0 Å². The lowest BCUT2D eigenvalue weighted by atomic mass is 9.65. The largest absolute Gasteiger partial charge is 0.481 e. The third kappa shape index (κ3) is 4.21. The van der Waals surface area contributed by atoms with Crippen LogP contribution < -0.4 is 4.90 Å². The molecule has 0 radical (unpaired) electrons. The van der Waals surface area contributed by atoms with Gasteiger partial charge >= 0.3 is 12.1 Å². The van der Waals surface area contributed by atoms with Crippen LogP contribution in [-0.4, -0.2) is 39.1 Å². The average molecular weight is 476 g/mol. The number of aromatic amines is 1. The van der Waals surface area contributed by atoms with Crippen LogP contribution in [0, 0.1) is 17.2 Å². The van der Waals surface area contributed by atoms with Crippen LogP contribution in [0.1, 0.15) is 44.1 Å². The summed E-state index contributed by atoms with van der Waals surface area (Å²) in [7, 11) is 0. The van der Waals surface area contributed by atoms with E-state index in [0.717, 1.165) is 37.8 Å². The first-order chi connectivity index (χ1) is 16.1. The van der Waals surface area contributed by atoms with E-state index in [-0.39, 0.29) is 28.5 Å². The number of aliphatic carboxylic acids is 1. The van der Waals surface area contributed by atoms with Crippen molar-refractivity contribution in [2.24, 2.45) is 11.3 Å². The molecule has 1 aliphatic heterocycles. The van der Waals surface area contributed by atoms with Gasteiger partial charge in [0.25, 0.3) is 0 Å². The maximum absolute atomic E-state index is 15.0. The van der Waals surface area contributed by atoms with Gasteiger partial charge in [-0.3, -0.25) is 4.79 Å². The zero-order valence-electron chi connectivity index (χ0n) is 18.3. The number of aromatic nitrogens is 3. The van der Waals surface area contributed by atoms with E-state index >= 15 is 4.39 Å². The second kappa shape index (κ2) is 8.25. The van der Waals surface area contributed by atoms with Crippen molar-refractivity contribution in [3.63, 3.8) is 0 Å². The number of nitrogens with one attached hydrogen (secondary N) is 1. The number of fused-ring (bicyclic) bond motifs is 1. The predicted octanol–water partition coefficient (Wildman–Crippen LogP) is 5.64. The van der Waals surface area contributed by atoms with Crippen LogP contribution in [0.15, 0.2) is 30.5 Å². The number of hydrogen-bond acceptors (Lipinski definition) is 4. The summed E-state index contributed by atoms with van der Waals surface area (Å²) in [6.45, 7) is 1.29. The molecule has 5 rings (SSSR count). The third-order valence-electron chi connectivity index (χ3n) is 7.42. The summed E-state index contributed by atoms with van der Waals surface area (Å²) >= 11 is 0. The molecule has 1 aromatic carbocycles. The number of H-pyrrole nitrogens is 1. The van der Waals surface area contributed by atoms with Crippen LogP contribution in [0.5, 0.6) is 0 Å². The van der Waals surface area contributed by atoms with Crippen LogP contribution in [0.3, 0.4) is 0 Å².